The van der Waals surface area contributed by atoms with Crippen molar-refractivity contribution in [3.05, 3.63) is 66.1 Å². The Bertz CT molecular complexity index is 849. The molecule has 6 heteroatoms. The van der Waals surface area contributed by atoms with Crippen molar-refractivity contribution >= 4 is 5.91 Å². The fourth-order valence-electron chi connectivity index (χ4n) is 3.38. The van der Waals surface area contributed by atoms with Crippen LogP contribution in [0.15, 0.2) is 63.7 Å². The Labute approximate surface area is 151 Å². The Balaban J connectivity index is 1.48. The van der Waals surface area contributed by atoms with E-state index in [4.69, 9.17) is 13.7 Å². The van der Waals surface area contributed by atoms with Gasteiger partial charge in [-0.05, 0) is 30.5 Å². The zero-order chi connectivity index (χ0) is 17.8. The predicted octanol–water partition coefficient (Wildman–Crippen LogP) is 3.41. The Morgan fingerprint density at radius 2 is 1.88 bits per heavy atom. The van der Waals surface area contributed by atoms with Crippen LogP contribution in [0.2, 0.25) is 0 Å². The molecule has 4 rings (SSSR count). The normalized spacial score (nSPS) is 16.3. The van der Waals surface area contributed by atoms with Crippen LogP contribution in [0, 0.1) is 0 Å². The second-order valence-corrected chi connectivity index (χ2v) is 6.50. The largest absolute Gasteiger partial charge is 0.461 e. The van der Waals surface area contributed by atoms with E-state index in [9.17, 15) is 4.79 Å². The Hall–Kier alpha value is -2.86. The zero-order valence-electron chi connectivity index (χ0n) is 14.3. The van der Waals surface area contributed by atoms with Gasteiger partial charge in [-0.2, -0.15) is 0 Å². The van der Waals surface area contributed by atoms with Crippen LogP contribution >= 0.6 is 0 Å². The fourth-order valence-corrected chi connectivity index (χ4v) is 3.38. The summed E-state index contributed by atoms with van der Waals surface area (Å²) in [5.74, 6) is 0.721. The summed E-state index contributed by atoms with van der Waals surface area (Å²) in [7, 11) is 0. The molecule has 0 aliphatic carbocycles. The van der Waals surface area contributed by atoms with E-state index in [1.165, 1.54) is 5.56 Å². The predicted molar refractivity (Wildman–Crippen MR) is 94.7 cm³/mol. The van der Waals surface area contributed by atoms with Gasteiger partial charge in [0, 0.05) is 31.2 Å². The van der Waals surface area contributed by atoms with Gasteiger partial charge in [0.25, 0.3) is 5.91 Å². The highest BCUT2D eigenvalue weighted by Crippen LogP contribution is 2.34. The van der Waals surface area contributed by atoms with Crippen molar-refractivity contribution in [2.45, 2.75) is 18.3 Å². The molecule has 1 amide bonds. The first-order valence-corrected chi connectivity index (χ1v) is 8.69. The number of furan rings is 1. The first-order chi connectivity index (χ1) is 12.8. The number of carbonyl (C=O) groups excluding carboxylic acids is 1. The van der Waals surface area contributed by atoms with Gasteiger partial charge in [-0.3, -0.25) is 4.79 Å². The van der Waals surface area contributed by atoms with Crippen LogP contribution in [0.25, 0.3) is 11.5 Å². The molecule has 134 valence electrons. The summed E-state index contributed by atoms with van der Waals surface area (Å²) in [6.07, 6.45) is 3.29. The second kappa shape index (κ2) is 7.17. The molecular formula is C20H20N2O4. The van der Waals surface area contributed by atoms with E-state index in [1.54, 1.807) is 24.5 Å². The van der Waals surface area contributed by atoms with Gasteiger partial charge in [0.2, 0.25) is 5.76 Å². The van der Waals surface area contributed by atoms with Crippen LogP contribution < -0.4 is 5.32 Å². The van der Waals surface area contributed by atoms with Gasteiger partial charge >= 0.3 is 0 Å². The minimum Gasteiger partial charge on any atom is -0.461 e. The Morgan fingerprint density at radius 3 is 2.62 bits per heavy atom. The van der Waals surface area contributed by atoms with Gasteiger partial charge in [-0.15, -0.1) is 0 Å². The van der Waals surface area contributed by atoms with Crippen molar-refractivity contribution < 1.29 is 18.5 Å². The van der Waals surface area contributed by atoms with Crippen molar-refractivity contribution in [2.24, 2.45) is 0 Å². The number of nitrogens with one attached hydrogen (secondary N) is 1. The number of ether oxygens (including phenoxy) is 1. The minimum atomic E-state index is -0.256. The molecule has 0 unspecified atom stereocenters. The molecule has 0 atom stereocenters. The third-order valence-corrected chi connectivity index (χ3v) is 4.93. The lowest BCUT2D eigenvalue weighted by Crippen LogP contribution is -2.44. The maximum absolute atomic E-state index is 12.5. The topological polar surface area (TPSA) is 77.5 Å². The third-order valence-electron chi connectivity index (χ3n) is 4.93. The van der Waals surface area contributed by atoms with E-state index in [2.05, 4.69) is 22.6 Å². The summed E-state index contributed by atoms with van der Waals surface area (Å²) in [6, 6.07) is 15.4. The van der Waals surface area contributed by atoms with Crippen molar-refractivity contribution in [2.75, 3.05) is 19.8 Å². The van der Waals surface area contributed by atoms with E-state index in [0.29, 0.717) is 31.3 Å². The number of benzene rings is 1. The summed E-state index contributed by atoms with van der Waals surface area (Å²) in [6.45, 7) is 1.91. The molecule has 1 aliphatic rings. The molecule has 3 aromatic rings. The number of rotatable bonds is 5. The van der Waals surface area contributed by atoms with E-state index < -0.39 is 0 Å². The summed E-state index contributed by atoms with van der Waals surface area (Å²) in [4.78, 5) is 12.5. The molecule has 26 heavy (non-hydrogen) atoms. The molecule has 1 N–H and O–H groups in total. The van der Waals surface area contributed by atoms with Gasteiger partial charge in [0.1, 0.15) is 0 Å². The van der Waals surface area contributed by atoms with Crippen LogP contribution in [-0.4, -0.2) is 30.8 Å². The minimum absolute atomic E-state index is 0.122. The van der Waals surface area contributed by atoms with Gasteiger partial charge in [-0.1, -0.05) is 35.5 Å². The van der Waals surface area contributed by atoms with Crippen LogP contribution in [0.4, 0.5) is 0 Å². The fraction of sp³-hybridized carbons (Fsp3) is 0.300. The van der Waals surface area contributed by atoms with Crippen LogP contribution in [0.5, 0.6) is 0 Å². The Kier molecular flexibility index (Phi) is 4.58. The molecule has 3 heterocycles. The highest BCUT2D eigenvalue weighted by atomic mass is 16.5. The lowest BCUT2D eigenvalue weighted by molar-refractivity contribution is 0.0486. The summed E-state index contributed by atoms with van der Waals surface area (Å²) in [5, 5.41) is 6.88. The number of amides is 1. The van der Waals surface area contributed by atoms with Crippen molar-refractivity contribution in [1.29, 1.82) is 0 Å². The van der Waals surface area contributed by atoms with E-state index in [-0.39, 0.29) is 17.0 Å². The number of hydrogen-bond acceptors (Lipinski definition) is 5. The zero-order valence-corrected chi connectivity index (χ0v) is 14.3. The first kappa shape index (κ1) is 16.6. The SMILES string of the molecule is O=C(NCC1(c2ccccc2)CCOCC1)c1cc(-c2ccco2)on1. The summed E-state index contributed by atoms with van der Waals surface area (Å²) in [5.41, 5.74) is 1.34. The molecule has 1 aromatic carbocycles. The standard InChI is InChI=1S/C20H20N2O4/c23-19(16-13-18(26-22-16)17-7-4-10-25-17)21-14-20(8-11-24-12-9-20)15-5-2-1-3-6-15/h1-7,10,13H,8-9,11-12,14H2,(H,21,23). The molecule has 0 bridgehead atoms. The van der Waals surface area contributed by atoms with Gasteiger partial charge < -0.3 is 19.0 Å². The average Bonchev–Trinajstić information content (AvgIpc) is 3.39. The quantitative estimate of drug-likeness (QED) is 0.761. The first-order valence-electron chi connectivity index (χ1n) is 8.69. The summed E-state index contributed by atoms with van der Waals surface area (Å²) >= 11 is 0. The van der Waals surface area contributed by atoms with Crippen molar-refractivity contribution in [3.8, 4) is 11.5 Å². The van der Waals surface area contributed by atoms with Gasteiger partial charge in [0.15, 0.2) is 11.5 Å². The molecule has 6 nitrogen and oxygen atoms in total. The van der Waals surface area contributed by atoms with Crippen LogP contribution in [0.3, 0.4) is 0 Å². The molecule has 0 spiro atoms. The van der Waals surface area contributed by atoms with E-state index in [1.807, 2.05) is 18.2 Å². The van der Waals surface area contributed by atoms with Crippen molar-refractivity contribution in [1.82, 2.24) is 10.5 Å². The van der Waals surface area contributed by atoms with Crippen LogP contribution in [0.1, 0.15) is 28.9 Å². The lowest BCUT2D eigenvalue weighted by atomic mass is 9.74. The number of hydrogen-bond donors (Lipinski definition) is 1. The van der Waals surface area contributed by atoms with Crippen molar-refractivity contribution in [3.63, 3.8) is 0 Å². The van der Waals surface area contributed by atoms with Gasteiger partial charge in [-0.25, -0.2) is 0 Å². The summed E-state index contributed by atoms with van der Waals surface area (Å²) < 4.78 is 16.0. The molecule has 0 saturated carbocycles. The molecule has 1 aliphatic heterocycles. The molecular weight excluding hydrogens is 332 g/mol. The lowest BCUT2D eigenvalue weighted by Gasteiger charge is -2.37. The number of aromatic nitrogens is 1. The van der Waals surface area contributed by atoms with Crippen LogP contribution in [-0.2, 0) is 10.2 Å². The maximum atomic E-state index is 12.5. The maximum Gasteiger partial charge on any atom is 0.273 e. The third kappa shape index (κ3) is 3.28. The average molecular weight is 352 g/mol. The second-order valence-electron chi connectivity index (χ2n) is 6.50. The van der Waals surface area contributed by atoms with Gasteiger partial charge in [0.05, 0.1) is 6.26 Å². The van der Waals surface area contributed by atoms with E-state index in [0.717, 1.165) is 12.8 Å². The molecule has 0 radical (unpaired) electrons. The smallest absolute Gasteiger partial charge is 0.273 e. The molecule has 1 fully saturated rings. The highest BCUT2D eigenvalue weighted by Gasteiger charge is 2.35. The van der Waals surface area contributed by atoms with E-state index >= 15 is 0 Å². The number of nitrogens with zero attached hydrogens (tertiary/aromatic N) is 1. The monoisotopic (exact) mass is 352 g/mol. The number of carbonyl (C=O) groups is 1. The molecule has 2 aromatic heterocycles. The highest BCUT2D eigenvalue weighted by molar-refractivity contribution is 5.93. The molecule has 1 saturated heterocycles. The Morgan fingerprint density at radius 1 is 1.08 bits per heavy atom.